The predicted octanol–water partition coefficient (Wildman–Crippen LogP) is 4.92. The van der Waals surface area contributed by atoms with Crippen LogP contribution in [0.4, 0.5) is 20.3 Å². The van der Waals surface area contributed by atoms with Crippen LogP contribution in [-0.2, 0) is 17.6 Å². The molecule has 0 fully saturated rings. The first-order valence-corrected chi connectivity index (χ1v) is 11.8. The maximum atomic E-state index is 12.7. The van der Waals surface area contributed by atoms with Crippen molar-refractivity contribution in [3.05, 3.63) is 33.9 Å². The number of aryl methyl sites for hydroxylation is 1. The van der Waals surface area contributed by atoms with Crippen molar-refractivity contribution in [1.29, 1.82) is 0 Å². The number of carbonyl (C=O) groups excluding carboxylic acids is 1. The maximum absolute atomic E-state index is 12.7. The van der Waals surface area contributed by atoms with Crippen LogP contribution < -0.4 is 5.32 Å². The Hall–Kier alpha value is -2.50. The highest BCUT2D eigenvalue weighted by atomic mass is 35.5. The first-order valence-electron chi connectivity index (χ1n) is 9.87. The molecule has 166 valence electrons. The third-order valence-corrected chi connectivity index (χ3v) is 7.73. The van der Waals surface area contributed by atoms with Gasteiger partial charge in [-0.3, -0.25) is 4.79 Å². The van der Waals surface area contributed by atoms with Gasteiger partial charge in [-0.1, -0.05) is 16.1 Å². The number of thiophene rings is 1. The summed E-state index contributed by atoms with van der Waals surface area (Å²) in [5, 5.41) is 8.78. The zero-order chi connectivity index (χ0) is 22.4. The minimum atomic E-state index is -2.54. The molecule has 4 aromatic rings. The molecular weight excluding hydrogens is 478 g/mol. The van der Waals surface area contributed by atoms with Crippen LogP contribution in [0.5, 0.6) is 0 Å². The first-order chi connectivity index (χ1) is 15.4. The monoisotopic (exact) mass is 494 g/mol. The van der Waals surface area contributed by atoms with Gasteiger partial charge in [0, 0.05) is 17.8 Å². The van der Waals surface area contributed by atoms with Crippen LogP contribution in [-0.4, -0.2) is 50.4 Å². The summed E-state index contributed by atoms with van der Waals surface area (Å²) in [6.07, 6.45) is 0.720. The summed E-state index contributed by atoms with van der Waals surface area (Å²) in [6, 6.07) is 3.65. The number of halogens is 3. The molecule has 0 unspecified atom stereocenters. The Morgan fingerprint density at radius 2 is 2.22 bits per heavy atom. The van der Waals surface area contributed by atoms with E-state index in [4.69, 9.17) is 11.6 Å². The molecule has 0 bridgehead atoms. The summed E-state index contributed by atoms with van der Waals surface area (Å²) in [4.78, 5) is 24.5. The molecule has 3 heterocycles. The molecule has 1 aromatic carbocycles. The van der Waals surface area contributed by atoms with E-state index in [1.165, 1.54) is 36.2 Å². The van der Waals surface area contributed by atoms with E-state index in [0.717, 1.165) is 35.8 Å². The molecule has 3 aromatic heterocycles. The van der Waals surface area contributed by atoms with Gasteiger partial charge in [0.05, 0.1) is 27.3 Å². The number of hydrogen-bond acceptors (Lipinski definition) is 8. The Bertz CT molecular complexity index is 1330. The number of carbonyl (C=O) groups is 1. The molecule has 0 saturated carbocycles. The van der Waals surface area contributed by atoms with Gasteiger partial charge in [-0.15, -0.1) is 16.4 Å². The van der Waals surface area contributed by atoms with E-state index in [1.54, 1.807) is 6.07 Å². The van der Waals surface area contributed by atoms with Crippen molar-refractivity contribution in [2.45, 2.75) is 25.7 Å². The fourth-order valence-corrected chi connectivity index (χ4v) is 6.10. The first kappa shape index (κ1) is 21.4. The highest BCUT2D eigenvalue weighted by Gasteiger charge is 2.31. The van der Waals surface area contributed by atoms with Gasteiger partial charge in [0.1, 0.15) is 22.5 Å². The summed E-state index contributed by atoms with van der Waals surface area (Å²) in [6.45, 7) is -0.547. The van der Waals surface area contributed by atoms with Crippen molar-refractivity contribution in [3.8, 4) is 0 Å². The third-order valence-electron chi connectivity index (χ3n) is 5.57. The van der Waals surface area contributed by atoms with Crippen molar-refractivity contribution >= 4 is 72.3 Å². The Morgan fingerprint density at radius 3 is 3.03 bits per heavy atom. The van der Waals surface area contributed by atoms with Crippen LogP contribution in [0.25, 0.3) is 20.4 Å². The van der Waals surface area contributed by atoms with Crippen LogP contribution in [0.1, 0.15) is 16.9 Å². The number of aromatic nitrogens is 4. The molecule has 7 nitrogen and oxygen atoms in total. The molecule has 0 spiro atoms. The summed E-state index contributed by atoms with van der Waals surface area (Å²) in [5.74, 6) is 0.0984. The molecule has 1 aliphatic carbocycles. The summed E-state index contributed by atoms with van der Waals surface area (Å²) in [5.41, 5.74) is 2.53. The molecule has 0 radical (unpaired) electrons. The molecular formula is C20H17ClF2N6OS2. The van der Waals surface area contributed by atoms with E-state index in [9.17, 15) is 13.6 Å². The van der Waals surface area contributed by atoms with Gasteiger partial charge in [0.2, 0.25) is 5.91 Å². The molecule has 1 amide bonds. The normalized spacial score (nSPS) is 16.0. The van der Waals surface area contributed by atoms with Crippen LogP contribution >= 0.6 is 34.5 Å². The SMILES string of the molecule is CN(CC(F)F)C(=O)[C@H]1CCc2c(sc3ncnc(Nc4cc5snnc5cc4Cl)c23)C1. The standard InChI is InChI=1S/C20H17ClF2N6OS2/c1-29(7-16(22)23)20(30)9-2-3-10-14(4-9)31-19-17(10)18(24-8-25-19)26-12-6-15-13(5-11(12)21)27-28-32-15/h5-6,8-9,16H,2-4,7H2,1H3,(H,24,25,26)/t9-/m0/s1. The van der Waals surface area contributed by atoms with E-state index in [0.29, 0.717) is 35.8 Å². The molecule has 1 N–H and O–H groups in total. The van der Waals surface area contributed by atoms with Gasteiger partial charge >= 0.3 is 0 Å². The minimum absolute atomic E-state index is 0.240. The molecule has 1 aliphatic rings. The van der Waals surface area contributed by atoms with E-state index >= 15 is 0 Å². The lowest BCUT2D eigenvalue weighted by Gasteiger charge is -2.26. The smallest absolute Gasteiger partial charge is 0.255 e. The van der Waals surface area contributed by atoms with Crippen molar-refractivity contribution in [2.75, 3.05) is 18.9 Å². The fraction of sp³-hybridized carbons (Fsp3) is 0.350. The largest absolute Gasteiger partial charge is 0.340 e. The van der Waals surface area contributed by atoms with Gasteiger partial charge in [-0.05, 0) is 48.5 Å². The number of amides is 1. The van der Waals surface area contributed by atoms with Crippen molar-refractivity contribution in [2.24, 2.45) is 5.92 Å². The second kappa shape index (κ2) is 8.45. The van der Waals surface area contributed by atoms with Crippen molar-refractivity contribution in [3.63, 3.8) is 0 Å². The van der Waals surface area contributed by atoms with E-state index in [2.05, 4.69) is 24.9 Å². The van der Waals surface area contributed by atoms with E-state index in [1.807, 2.05) is 6.07 Å². The zero-order valence-electron chi connectivity index (χ0n) is 16.8. The molecule has 12 heteroatoms. The number of hydrogen-bond donors (Lipinski definition) is 1. The number of benzene rings is 1. The zero-order valence-corrected chi connectivity index (χ0v) is 19.2. The molecule has 0 aliphatic heterocycles. The van der Waals surface area contributed by atoms with Gasteiger partial charge in [-0.25, -0.2) is 18.7 Å². The lowest BCUT2D eigenvalue weighted by molar-refractivity contribution is -0.136. The van der Waals surface area contributed by atoms with Gasteiger partial charge in [0.25, 0.3) is 6.43 Å². The Labute approximate surface area is 194 Å². The number of anilines is 2. The highest BCUT2D eigenvalue weighted by Crippen LogP contribution is 2.41. The number of nitrogens with one attached hydrogen (secondary N) is 1. The lowest BCUT2D eigenvalue weighted by atomic mass is 9.87. The minimum Gasteiger partial charge on any atom is -0.340 e. The van der Waals surface area contributed by atoms with E-state index < -0.39 is 13.0 Å². The number of fused-ring (bicyclic) bond motifs is 4. The van der Waals surface area contributed by atoms with Crippen molar-refractivity contribution in [1.82, 2.24) is 24.5 Å². The third kappa shape index (κ3) is 3.89. The average molecular weight is 495 g/mol. The second-order valence-corrected chi connectivity index (χ2v) is 9.93. The fourth-order valence-electron chi connectivity index (χ4n) is 4.05. The summed E-state index contributed by atoms with van der Waals surface area (Å²) in [7, 11) is 1.43. The topological polar surface area (TPSA) is 83.9 Å². The average Bonchev–Trinajstić information content (AvgIpc) is 3.36. The number of rotatable bonds is 5. The van der Waals surface area contributed by atoms with Crippen LogP contribution in [0.15, 0.2) is 18.5 Å². The molecule has 32 heavy (non-hydrogen) atoms. The molecule has 0 saturated heterocycles. The van der Waals surface area contributed by atoms with Gasteiger partial charge < -0.3 is 10.2 Å². The van der Waals surface area contributed by atoms with Crippen molar-refractivity contribution < 1.29 is 13.6 Å². The van der Waals surface area contributed by atoms with Crippen LogP contribution in [0.2, 0.25) is 5.02 Å². The molecule has 5 rings (SSSR count). The second-order valence-electron chi connectivity index (χ2n) is 7.65. The van der Waals surface area contributed by atoms with Gasteiger partial charge in [-0.2, -0.15) is 0 Å². The van der Waals surface area contributed by atoms with E-state index in [-0.39, 0.29) is 11.8 Å². The van der Waals surface area contributed by atoms with Gasteiger partial charge in [0.15, 0.2) is 0 Å². The maximum Gasteiger partial charge on any atom is 0.255 e. The summed E-state index contributed by atoms with van der Waals surface area (Å²) < 4.78 is 30.2. The predicted molar refractivity (Wildman–Crippen MR) is 122 cm³/mol. The highest BCUT2D eigenvalue weighted by molar-refractivity contribution is 7.19. The number of nitrogens with zero attached hydrogens (tertiary/aromatic N) is 5. The Morgan fingerprint density at radius 1 is 1.38 bits per heavy atom. The van der Waals surface area contributed by atoms with Crippen LogP contribution in [0, 0.1) is 5.92 Å². The molecule has 1 atom stereocenters. The summed E-state index contributed by atoms with van der Waals surface area (Å²) >= 11 is 9.24. The quantitative estimate of drug-likeness (QED) is 0.424. The Balaban J connectivity index is 1.46. The Kier molecular flexibility index (Phi) is 5.64. The lowest BCUT2D eigenvalue weighted by Crippen LogP contribution is -2.38. The number of alkyl halides is 2. The van der Waals surface area contributed by atoms with Crippen LogP contribution in [0.3, 0.4) is 0 Å².